The van der Waals surface area contributed by atoms with Crippen molar-refractivity contribution in [3.63, 3.8) is 0 Å². The van der Waals surface area contributed by atoms with Gasteiger partial charge in [-0.25, -0.2) is 4.99 Å². The number of aromatic nitrogens is 2. The van der Waals surface area contributed by atoms with Gasteiger partial charge in [-0.1, -0.05) is 65.1 Å². The maximum absolute atomic E-state index is 5.59. The van der Waals surface area contributed by atoms with Crippen molar-refractivity contribution in [3.8, 4) is 11.3 Å². The first-order valence-corrected chi connectivity index (χ1v) is 6.12. The average molecular weight is 304 g/mol. The van der Waals surface area contributed by atoms with E-state index in [1.165, 1.54) is 0 Å². The molecule has 2 aromatic rings. The summed E-state index contributed by atoms with van der Waals surface area (Å²) in [6.07, 6.45) is 0. The summed E-state index contributed by atoms with van der Waals surface area (Å²) in [4.78, 5) is 3.93. The van der Waals surface area contributed by atoms with Gasteiger partial charge in [0.05, 0.1) is 5.69 Å². The third kappa shape index (κ3) is 3.16. The fourth-order valence-corrected chi connectivity index (χ4v) is 1.45. The maximum Gasteiger partial charge on any atom is 0.247 e. The summed E-state index contributed by atoms with van der Waals surface area (Å²) in [5.74, 6) is 0.233. The molecule has 3 N–H and O–H groups in total. The Morgan fingerprint density at radius 2 is 1.89 bits per heavy atom. The van der Waals surface area contributed by atoms with Crippen LogP contribution in [0.25, 0.3) is 11.3 Å². The second kappa shape index (κ2) is 5.18. The minimum absolute atomic E-state index is 0.126. The molecule has 94 valence electrons. The van der Waals surface area contributed by atoms with Gasteiger partial charge in [-0.15, -0.1) is 0 Å². The molecular formula is C11H9Cl3N4. The molecule has 0 amide bonds. The van der Waals surface area contributed by atoms with Crippen molar-refractivity contribution >= 4 is 46.5 Å². The number of hydrogen-bond acceptors (Lipinski definition) is 2. The van der Waals surface area contributed by atoms with E-state index >= 15 is 0 Å². The molecule has 0 fully saturated rings. The third-order valence-electron chi connectivity index (χ3n) is 2.17. The summed E-state index contributed by atoms with van der Waals surface area (Å²) in [7, 11) is 0. The summed E-state index contributed by atoms with van der Waals surface area (Å²) >= 11 is 16.8. The minimum atomic E-state index is -1.73. The van der Waals surface area contributed by atoms with Crippen molar-refractivity contribution in [3.05, 3.63) is 36.4 Å². The van der Waals surface area contributed by atoms with E-state index in [0.717, 1.165) is 11.3 Å². The van der Waals surface area contributed by atoms with E-state index in [2.05, 4.69) is 15.2 Å². The molecule has 1 heterocycles. The molecule has 1 aromatic heterocycles. The van der Waals surface area contributed by atoms with Crippen molar-refractivity contribution in [2.45, 2.75) is 3.79 Å². The number of amidine groups is 1. The zero-order chi connectivity index (χ0) is 13.2. The lowest BCUT2D eigenvalue weighted by atomic mass is 10.2. The van der Waals surface area contributed by atoms with Crippen LogP contribution in [0.5, 0.6) is 0 Å². The summed E-state index contributed by atoms with van der Waals surface area (Å²) in [6.45, 7) is 0. The SMILES string of the molecule is NC(=Nc1cc(-c2ccccc2)[nH]n1)C(Cl)(Cl)Cl. The van der Waals surface area contributed by atoms with E-state index in [1.807, 2.05) is 30.3 Å². The molecule has 0 saturated carbocycles. The molecule has 7 heteroatoms. The van der Waals surface area contributed by atoms with Crippen LogP contribution in [0.2, 0.25) is 0 Å². The van der Waals surface area contributed by atoms with Crippen molar-refractivity contribution in [1.82, 2.24) is 10.2 Å². The van der Waals surface area contributed by atoms with Crippen molar-refractivity contribution in [1.29, 1.82) is 0 Å². The van der Waals surface area contributed by atoms with Gasteiger partial charge in [0.2, 0.25) is 3.79 Å². The fraction of sp³-hybridized carbons (Fsp3) is 0.0909. The molecular weight excluding hydrogens is 295 g/mol. The normalized spacial score (nSPS) is 12.7. The molecule has 4 nitrogen and oxygen atoms in total. The highest BCUT2D eigenvalue weighted by Gasteiger charge is 2.25. The van der Waals surface area contributed by atoms with Crippen LogP contribution in [0, 0.1) is 0 Å². The Kier molecular flexibility index (Phi) is 3.80. The Morgan fingerprint density at radius 3 is 2.50 bits per heavy atom. The monoisotopic (exact) mass is 302 g/mol. The first-order chi connectivity index (χ1) is 8.47. The van der Waals surface area contributed by atoms with Crippen LogP contribution >= 0.6 is 34.8 Å². The predicted octanol–water partition coefficient (Wildman–Crippen LogP) is 3.44. The Balaban J connectivity index is 2.27. The zero-order valence-corrected chi connectivity index (χ0v) is 11.3. The number of alkyl halides is 3. The highest BCUT2D eigenvalue weighted by molar-refractivity contribution is 6.76. The number of aliphatic imine (C=N–C) groups is 1. The van der Waals surface area contributed by atoms with Crippen molar-refractivity contribution in [2.24, 2.45) is 10.7 Å². The molecule has 0 aliphatic heterocycles. The lowest BCUT2D eigenvalue weighted by molar-refractivity contribution is 1.08. The summed E-state index contributed by atoms with van der Waals surface area (Å²) in [6, 6.07) is 11.4. The maximum atomic E-state index is 5.59. The smallest absolute Gasteiger partial charge is 0.247 e. The molecule has 0 spiro atoms. The predicted molar refractivity (Wildman–Crippen MR) is 75.6 cm³/mol. The topological polar surface area (TPSA) is 67.1 Å². The van der Waals surface area contributed by atoms with Crippen LogP contribution in [0.1, 0.15) is 0 Å². The van der Waals surface area contributed by atoms with Crippen LogP contribution in [0.3, 0.4) is 0 Å². The molecule has 2 rings (SSSR count). The van der Waals surface area contributed by atoms with Gasteiger partial charge in [-0.2, -0.15) is 5.10 Å². The number of halogens is 3. The molecule has 0 aliphatic carbocycles. The van der Waals surface area contributed by atoms with E-state index < -0.39 is 3.79 Å². The van der Waals surface area contributed by atoms with Crippen LogP contribution < -0.4 is 5.73 Å². The molecule has 0 atom stereocenters. The second-order valence-corrected chi connectivity index (χ2v) is 5.78. The van der Waals surface area contributed by atoms with Crippen molar-refractivity contribution in [2.75, 3.05) is 0 Å². The number of rotatable bonds is 2. The zero-order valence-electron chi connectivity index (χ0n) is 9.07. The van der Waals surface area contributed by atoms with E-state index in [4.69, 9.17) is 40.5 Å². The quantitative estimate of drug-likeness (QED) is 0.507. The van der Waals surface area contributed by atoms with E-state index in [9.17, 15) is 0 Å². The number of nitrogens with one attached hydrogen (secondary N) is 1. The van der Waals surface area contributed by atoms with E-state index in [0.29, 0.717) is 5.82 Å². The molecule has 0 bridgehead atoms. The number of aromatic amines is 1. The largest absolute Gasteiger partial charge is 0.383 e. The molecule has 1 aromatic carbocycles. The van der Waals surface area contributed by atoms with Crippen molar-refractivity contribution < 1.29 is 0 Å². The third-order valence-corrected chi connectivity index (χ3v) is 2.76. The average Bonchev–Trinajstić information content (AvgIpc) is 2.77. The first kappa shape index (κ1) is 13.2. The highest BCUT2D eigenvalue weighted by atomic mass is 35.6. The van der Waals surface area contributed by atoms with E-state index in [-0.39, 0.29) is 5.84 Å². The number of nitrogens with zero attached hydrogens (tertiary/aromatic N) is 2. The van der Waals surface area contributed by atoms with Gasteiger partial charge in [0.1, 0.15) is 0 Å². The van der Waals surface area contributed by atoms with Crippen LogP contribution in [0.4, 0.5) is 5.82 Å². The first-order valence-electron chi connectivity index (χ1n) is 4.99. The Hall–Kier alpha value is -1.23. The second-order valence-electron chi connectivity index (χ2n) is 3.50. The number of hydrogen-bond donors (Lipinski definition) is 2. The Bertz CT molecular complexity index is 557. The van der Waals surface area contributed by atoms with Gasteiger partial charge < -0.3 is 5.73 Å². The van der Waals surface area contributed by atoms with Gasteiger partial charge in [-0.3, -0.25) is 5.10 Å². The minimum Gasteiger partial charge on any atom is -0.383 e. The summed E-state index contributed by atoms with van der Waals surface area (Å²) in [5, 5.41) is 6.81. The van der Waals surface area contributed by atoms with E-state index in [1.54, 1.807) is 6.07 Å². The molecule has 0 aliphatic rings. The lowest BCUT2D eigenvalue weighted by Gasteiger charge is -2.07. The fourth-order valence-electron chi connectivity index (χ4n) is 1.32. The number of H-pyrrole nitrogens is 1. The van der Waals surface area contributed by atoms with Crippen LogP contribution in [-0.2, 0) is 0 Å². The standard InChI is InChI=1S/C11H9Cl3N4/c12-11(13,14)10(15)16-9-6-8(17-18-9)7-4-2-1-3-5-7/h1-6H,(H3,15,16,17,18). The van der Waals surface area contributed by atoms with Crippen LogP contribution in [0.15, 0.2) is 41.4 Å². The summed E-state index contributed by atoms with van der Waals surface area (Å²) in [5.41, 5.74) is 7.33. The van der Waals surface area contributed by atoms with Gasteiger partial charge in [0.15, 0.2) is 11.7 Å². The molecule has 18 heavy (non-hydrogen) atoms. The van der Waals surface area contributed by atoms with Gasteiger partial charge >= 0.3 is 0 Å². The lowest BCUT2D eigenvalue weighted by Crippen LogP contribution is -2.27. The number of benzene rings is 1. The van der Waals surface area contributed by atoms with Crippen LogP contribution in [-0.4, -0.2) is 19.8 Å². The number of nitrogens with two attached hydrogens (primary N) is 1. The van der Waals surface area contributed by atoms with Gasteiger partial charge in [0.25, 0.3) is 0 Å². The Labute approximate surface area is 119 Å². The molecule has 0 saturated heterocycles. The highest BCUT2D eigenvalue weighted by Crippen LogP contribution is 2.28. The van der Waals surface area contributed by atoms with Gasteiger partial charge in [0, 0.05) is 6.07 Å². The Morgan fingerprint density at radius 1 is 1.22 bits per heavy atom. The molecule has 0 unspecified atom stereocenters. The van der Waals surface area contributed by atoms with Gasteiger partial charge in [-0.05, 0) is 5.56 Å². The summed E-state index contributed by atoms with van der Waals surface area (Å²) < 4.78 is -1.73. The molecule has 0 radical (unpaired) electrons.